The molecule has 6 heteroatoms. The molecule has 124 valence electrons. The first-order valence-electron chi connectivity index (χ1n) is 7.94. The van der Waals surface area contributed by atoms with E-state index in [1.807, 2.05) is 43.1 Å². The Morgan fingerprint density at radius 2 is 2.08 bits per heavy atom. The van der Waals surface area contributed by atoms with Gasteiger partial charge in [-0.2, -0.15) is 0 Å². The second kappa shape index (κ2) is 5.89. The molecular weight excluding hydrogens is 330 g/mol. The SMILES string of the molecule is CC(=N)c1nc(-c2sc(-c3cccnc3)nc2C)cc2ccn(C)c12. The van der Waals surface area contributed by atoms with Gasteiger partial charge >= 0.3 is 0 Å². The first-order valence-corrected chi connectivity index (χ1v) is 8.76. The van der Waals surface area contributed by atoms with Crippen LogP contribution in [0.4, 0.5) is 0 Å². The van der Waals surface area contributed by atoms with Crippen molar-refractivity contribution in [2.45, 2.75) is 13.8 Å². The van der Waals surface area contributed by atoms with Gasteiger partial charge in [0.15, 0.2) is 0 Å². The molecule has 4 aromatic heterocycles. The summed E-state index contributed by atoms with van der Waals surface area (Å²) in [5.41, 5.74) is 4.99. The first kappa shape index (κ1) is 15.7. The largest absolute Gasteiger partial charge is 0.349 e. The molecule has 0 spiro atoms. The van der Waals surface area contributed by atoms with Crippen molar-refractivity contribution in [3.8, 4) is 21.1 Å². The molecule has 5 nitrogen and oxygen atoms in total. The molecule has 0 bridgehead atoms. The van der Waals surface area contributed by atoms with Crippen molar-refractivity contribution in [3.05, 3.63) is 54.2 Å². The van der Waals surface area contributed by atoms with Crippen LogP contribution in [-0.4, -0.2) is 25.2 Å². The lowest BCUT2D eigenvalue weighted by Crippen LogP contribution is -2.02. The molecule has 0 saturated heterocycles. The summed E-state index contributed by atoms with van der Waals surface area (Å²) in [7, 11) is 1.98. The third-order valence-corrected chi connectivity index (χ3v) is 5.37. The summed E-state index contributed by atoms with van der Waals surface area (Å²) in [5, 5.41) is 10.1. The zero-order chi connectivity index (χ0) is 17.6. The molecule has 0 unspecified atom stereocenters. The van der Waals surface area contributed by atoms with E-state index >= 15 is 0 Å². The summed E-state index contributed by atoms with van der Waals surface area (Å²) in [6.45, 7) is 3.78. The van der Waals surface area contributed by atoms with Gasteiger partial charge in [0.2, 0.25) is 0 Å². The van der Waals surface area contributed by atoms with E-state index in [2.05, 4.69) is 17.1 Å². The molecular formula is C19H17N5S. The second-order valence-electron chi connectivity index (χ2n) is 6.02. The highest BCUT2D eigenvalue weighted by atomic mass is 32.1. The van der Waals surface area contributed by atoms with E-state index in [1.165, 1.54) is 0 Å². The number of fused-ring (bicyclic) bond motifs is 1. The molecule has 0 saturated carbocycles. The molecule has 4 aromatic rings. The average molecular weight is 347 g/mol. The Labute approximate surface area is 149 Å². The van der Waals surface area contributed by atoms with Crippen molar-refractivity contribution in [3.63, 3.8) is 0 Å². The van der Waals surface area contributed by atoms with E-state index in [0.29, 0.717) is 5.71 Å². The Kier molecular flexibility index (Phi) is 3.69. The quantitative estimate of drug-likeness (QED) is 0.557. The maximum Gasteiger partial charge on any atom is 0.125 e. The van der Waals surface area contributed by atoms with Gasteiger partial charge in [0.1, 0.15) is 10.7 Å². The third-order valence-electron chi connectivity index (χ3n) is 4.15. The van der Waals surface area contributed by atoms with Gasteiger partial charge in [0, 0.05) is 36.6 Å². The van der Waals surface area contributed by atoms with Crippen LogP contribution in [0.2, 0.25) is 0 Å². The van der Waals surface area contributed by atoms with Crippen LogP contribution in [0.5, 0.6) is 0 Å². The monoisotopic (exact) mass is 347 g/mol. The van der Waals surface area contributed by atoms with Crippen LogP contribution in [-0.2, 0) is 7.05 Å². The molecule has 25 heavy (non-hydrogen) atoms. The topological polar surface area (TPSA) is 67.5 Å². The van der Waals surface area contributed by atoms with Crippen LogP contribution in [0.25, 0.3) is 32.0 Å². The van der Waals surface area contributed by atoms with Crippen LogP contribution in [0.1, 0.15) is 18.3 Å². The van der Waals surface area contributed by atoms with Crippen molar-refractivity contribution in [2.24, 2.45) is 7.05 Å². The number of rotatable bonds is 3. The lowest BCUT2D eigenvalue weighted by molar-refractivity contribution is 0.963. The predicted molar refractivity (Wildman–Crippen MR) is 102 cm³/mol. The Hall–Kier alpha value is -2.86. The standard InChI is InChI=1S/C19H17N5S/c1-11(20)16-17-13(6-8-24(17)3)9-15(23-16)18-12(2)22-19(25-18)14-5-4-7-21-10-14/h4-10,20H,1-3H3. The molecule has 0 aliphatic carbocycles. The fourth-order valence-electron chi connectivity index (χ4n) is 2.95. The number of nitrogens with one attached hydrogen (secondary N) is 1. The summed E-state index contributed by atoms with van der Waals surface area (Å²) in [6.07, 6.45) is 5.58. The van der Waals surface area contributed by atoms with Crippen molar-refractivity contribution < 1.29 is 0 Å². The minimum atomic E-state index is 0.461. The minimum Gasteiger partial charge on any atom is -0.349 e. The van der Waals surface area contributed by atoms with Gasteiger partial charge in [0.05, 0.1) is 27.5 Å². The molecule has 0 aliphatic rings. The van der Waals surface area contributed by atoms with Gasteiger partial charge < -0.3 is 9.98 Å². The zero-order valence-corrected chi connectivity index (χ0v) is 15.1. The molecule has 1 N–H and O–H groups in total. The van der Waals surface area contributed by atoms with Crippen LogP contribution in [0, 0.1) is 12.3 Å². The van der Waals surface area contributed by atoms with Crippen LogP contribution < -0.4 is 0 Å². The molecule has 0 aromatic carbocycles. The van der Waals surface area contributed by atoms with E-state index in [1.54, 1.807) is 24.5 Å². The van der Waals surface area contributed by atoms with Gasteiger partial charge in [0.25, 0.3) is 0 Å². The third kappa shape index (κ3) is 2.64. The fraction of sp³-hybridized carbons (Fsp3) is 0.158. The van der Waals surface area contributed by atoms with Gasteiger partial charge in [-0.1, -0.05) is 0 Å². The maximum atomic E-state index is 8.11. The molecule has 0 amide bonds. The van der Waals surface area contributed by atoms with Gasteiger partial charge in [-0.15, -0.1) is 11.3 Å². The number of pyridine rings is 2. The molecule has 0 fully saturated rings. The van der Waals surface area contributed by atoms with E-state index in [0.717, 1.165) is 43.4 Å². The number of hydrogen-bond acceptors (Lipinski definition) is 5. The summed E-state index contributed by atoms with van der Waals surface area (Å²) < 4.78 is 2.01. The van der Waals surface area contributed by atoms with Crippen molar-refractivity contribution in [1.29, 1.82) is 5.41 Å². The van der Waals surface area contributed by atoms with Gasteiger partial charge in [-0.25, -0.2) is 9.97 Å². The predicted octanol–water partition coefficient (Wildman–Crippen LogP) is 4.45. The van der Waals surface area contributed by atoms with E-state index < -0.39 is 0 Å². The number of aromatic nitrogens is 4. The summed E-state index contributed by atoms with van der Waals surface area (Å²) in [6, 6.07) is 8.06. The van der Waals surface area contributed by atoms with Crippen LogP contribution in [0.15, 0.2) is 42.9 Å². The highest BCUT2D eigenvalue weighted by Gasteiger charge is 2.17. The van der Waals surface area contributed by atoms with E-state index in [9.17, 15) is 0 Å². The smallest absolute Gasteiger partial charge is 0.125 e. The number of aryl methyl sites for hydroxylation is 2. The first-order chi connectivity index (χ1) is 12.0. The minimum absolute atomic E-state index is 0.461. The lowest BCUT2D eigenvalue weighted by atomic mass is 10.1. The van der Waals surface area contributed by atoms with E-state index in [-0.39, 0.29) is 0 Å². The highest BCUT2D eigenvalue weighted by molar-refractivity contribution is 7.18. The fourth-order valence-corrected chi connectivity index (χ4v) is 3.96. The molecule has 0 radical (unpaired) electrons. The highest BCUT2D eigenvalue weighted by Crippen LogP contribution is 2.35. The van der Waals surface area contributed by atoms with E-state index in [4.69, 9.17) is 15.4 Å². The molecule has 0 atom stereocenters. The summed E-state index contributed by atoms with van der Waals surface area (Å²) in [4.78, 5) is 14.7. The molecule has 4 heterocycles. The Morgan fingerprint density at radius 1 is 1.24 bits per heavy atom. The zero-order valence-electron chi connectivity index (χ0n) is 14.2. The Balaban J connectivity index is 1.91. The van der Waals surface area contributed by atoms with Gasteiger partial charge in [-0.3, -0.25) is 4.98 Å². The molecule has 0 aliphatic heterocycles. The van der Waals surface area contributed by atoms with Gasteiger partial charge in [-0.05, 0) is 38.1 Å². The number of thiazole rings is 1. The number of nitrogens with zero attached hydrogens (tertiary/aromatic N) is 4. The van der Waals surface area contributed by atoms with Crippen LogP contribution in [0.3, 0.4) is 0 Å². The number of hydrogen-bond donors (Lipinski definition) is 1. The molecule has 4 rings (SSSR count). The summed E-state index contributed by atoms with van der Waals surface area (Å²) in [5.74, 6) is 0. The summed E-state index contributed by atoms with van der Waals surface area (Å²) >= 11 is 1.61. The van der Waals surface area contributed by atoms with Crippen molar-refractivity contribution >= 4 is 28.0 Å². The average Bonchev–Trinajstić information content (AvgIpc) is 3.18. The Morgan fingerprint density at radius 3 is 2.80 bits per heavy atom. The lowest BCUT2D eigenvalue weighted by Gasteiger charge is -2.07. The maximum absolute atomic E-state index is 8.11. The second-order valence-corrected chi connectivity index (χ2v) is 7.02. The normalized spacial score (nSPS) is 11.2. The van der Waals surface area contributed by atoms with Crippen LogP contribution >= 0.6 is 11.3 Å². The van der Waals surface area contributed by atoms with Crippen molar-refractivity contribution in [1.82, 2.24) is 19.5 Å². The Bertz CT molecular complexity index is 1090. The van der Waals surface area contributed by atoms with Crippen molar-refractivity contribution in [2.75, 3.05) is 0 Å².